The molecule has 0 saturated carbocycles. The minimum Gasteiger partial charge on any atom is -0.476 e. The number of halogens is 3. The van der Waals surface area contributed by atoms with Gasteiger partial charge in [-0.1, -0.05) is 64.6 Å². The molecule has 0 spiro atoms. The Bertz CT molecular complexity index is 746. The number of benzene rings is 1. The second-order valence-corrected chi connectivity index (χ2v) is 5.45. The van der Waals surface area contributed by atoms with Gasteiger partial charge in [0.25, 0.3) is 0 Å². The molecule has 1 aromatic heterocycles. The largest absolute Gasteiger partial charge is 0.476 e. The quantitative estimate of drug-likeness (QED) is 0.479. The van der Waals surface area contributed by atoms with Gasteiger partial charge < -0.3 is 5.11 Å². The normalized spacial score (nSPS) is 10.9. The van der Waals surface area contributed by atoms with Crippen LogP contribution in [0.3, 0.4) is 0 Å². The molecular weight excluding hydrogens is 349 g/mol. The smallest absolute Gasteiger partial charge is 0.356 e. The van der Waals surface area contributed by atoms with Crippen LogP contribution in [0.5, 0.6) is 0 Å². The summed E-state index contributed by atoms with van der Waals surface area (Å²) >= 11 is 17.7. The predicted molar refractivity (Wildman–Crippen MR) is 88.6 cm³/mol. The van der Waals surface area contributed by atoms with Crippen LogP contribution in [-0.2, 0) is 0 Å². The summed E-state index contributed by atoms with van der Waals surface area (Å²) in [7, 11) is 0. The fraction of sp³-hybridized carbons (Fsp3) is 0.0714. The van der Waals surface area contributed by atoms with Crippen LogP contribution in [0, 0.1) is 6.92 Å². The van der Waals surface area contributed by atoms with Crippen LogP contribution in [0.2, 0.25) is 15.2 Å². The lowest BCUT2D eigenvalue weighted by Gasteiger charge is -2.09. The van der Waals surface area contributed by atoms with E-state index < -0.39 is 11.7 Å². The maximum atomic E-state index is 11.0. The van der Waals surface area contributed by atoms with Crippen LogP contribution in [-0.4, -0.2) is 22.3 Å². The highest BCUT2D eigenvalue weighted by Gasteiger charge is 2.20. The first-order chi connectivity index (χ1) is 10.4. The number of nitrogens with zero attached hydrogens (tertiary/aromatic N) is 2. The van der Waals surface area contributed by atoms with Crippen molar-refractivity contribution in [3.63, 3.8) is 0 Å². The van der Waals surface area contributed by atoms with Crippen molar-refractivity contribution in [3.8, 4) is 0 Å². The number of hydrogen-bond acceptors (Lipinski definition) is 4. The summed E-state index contributed by atoms with van der Waals surface area (Å²) in [5, 5.41) is 12.7. The first-order valence-corrected chi connectivity index (χ1v) is 7.17. The molecule has 2 aromatic rings. The van der Waals surface area contributed by atoms with Crippen LogP contribution < -0.4 is 5.43 Å². The molecule has 0 unspecified atom stereocenters. The van der Waals surface area contributed by atoms with E-state index in [1.165, 1.54) is 0 Å². The number of aromatic nitrogens is 1. The van der Waals surface area contributed by atoms with Crippen molar-refractivity contribution in [2.45, 2.75) is 6.92 Å². The van der Waals surface area contributed by atoms with E-state index >= 15 is 0 Å². The van der Waals surface area contributed by atoms with Gasteiger partial charge in [-0.2, -0.15) is 5.10 Å². The first kappa shape index (κ1) is 16.5. The van der Waals surface area contributed by atoms with E-state index in [-0.39, 0.29) is 20.9 Å². The molecule has 0 atom stereocenters. The molecule has 1 heterocycles. The van der Waals surface area contributed by atoms with Gasteiger partial charge >= 0.3 is 5.97 Å². The number of hydrazone groups is 1. The van der Waals surface area contributed by atoms with Gasteiger partial charge in [-0.25, -0.2) is 9.78 Å². The topological polar surface area (TPSA) is 74.6 Å². The van der Waals surface area contributed by atoms with Crippen LogP contribution in [0.25, 0.3) is 0 Å². The van der Waals surface area contributed by atoms with E-state index in [4.69, 9.17) is 39.9 Å². The Morgan fingerprint density at radius 1 is 1.23 bits per heavy atom. The molecule has 0 saturated heterocycles. The molecule has 2 rings (SSSR count). The fourth-order valence-electron chi connectivity index (χ4n) is 1.58. The van der Waals surface area contributed by atoms with Crippen molar-refractivity contribution in [1.29, 1.82) is 0 Å². The summed E-state index contributed by atoms with van der Waals surface area (Å²) in [5.41, 5.74) is 4.27. The second kappa shape index (κ2) is 6.96. The number of carbonyl (C=O) groups is 1. The van der Waals surface area contributed by atoms with Gasteiger partial charge in [0.15, 0.2) is 10.8 Å². The fourth-order valence-corrected chi connectivity index (χ4v) is 2.24. The van der Waals surface area contributed by atoms with Gasteiger partial charge in [-0.15, -0.1) is 0 Å². The zero-order valence-electron chi connectivity index (χ0n) is 11.3. The van der Waals surface area contributed by atoms with Gasteiger partial charge in [0.1, 0.15) is 10.0 Å². The third kappa shape index (κ3) is 3.68. The Morgan fingerprint density at radius 2 is 1.86 bits per heavy atom. The van der Waals surface area contributed by atoms with E-state index in [2.05, 4.69) is 15.5 Å². The van der Waals surface area contributed by atoms with Gasteiger partial charge in [-0.3, -0.25) is 5.43 Å². The Hall–Kier alpha value is -1.82. The maximum Gasteiger partial charge on any atom is 0.356 e. The third-order valence-electron chi connectivity index (χ3n) is 2.71. The number of pyridine rings is 1. The Morgan fingerprint density at radius 3 is 2.45 bits per heavy atom. The number of hydrogen-bond donors (Lipinski definition) is 2. The molecule has 8 heteroatoms. The summed E-state index contributed by atoms with van der Waals surface area (Å²) in [4.78, 5) is 14.7. The molecule has 0 aliphatic heterocycles. The zero-order chi connectivity index (χ0) is 16.3. The number of aromatic carboxylic acids is 1. The van der Waals surface area contributed by atoms with Crippen molar-refractivity contribution in [1.82, 2.24) is 4.98 Å². The average molecular weight is 359 g/mol. The summed E-state index contributed by atoms with van der Waals surface area (Å²) in [5.74, 6) is -1.31. The van der Waals surface area contributed by atoms with Crippen molar-refractivity contribution >= 4 is 52.7 Å². The summed E-state index contributed by atoms with van der Waals surface area (Å²) in [6.45, 7) is 1.98. The summed E-state index contributed by atoms with van der Waals surface area (Å²) < 4.78 is 0. The second-order valence-electron chi connectivity index (χ2n) is 4.34. The zero-order valence-corrected chi connectivity index (χ0v) is 13.5. The maximum absolute atomic E-state index is 11.0. The van der Waals surface area contributed by atoms with E-state index in [0.29, 0.717) is 0 Å². The van der Waals surface area contributed by atoms with Crippen LogP contribution in [0.1, 0.15) is 21.6 Å². The lowest BCUT2D eigenvalue weighted by atomic mass is 10.2. The Balaban J connectivity index is 2.29. The SMILES string of the molecule is Cc1ccc(/C=N\Nc2c(Cl)c(Cl)nc(C(=O)O)c2Cl)cc1. The molecule has 0 radical (unpaired) electrons. The van der Waals surface area contributed by atoms with Gasteiger partial charge in [0, 0.05) is 0 Å². The molecule has 0 aliphatic rings. The highest BCUT2D eigenvalue weighted by Crippen LogP contribution is 2.36. The number of nitrogens with one attached hydrogen (secondary N) is 1. The van der Waals surface area contributed by atoms with E-state index in [0.717, 1.165) is 11.1 Å². The highest BCUT2D eigenvalue weighted by atomic mass is 35.5. The predicted octanol–water partition coefficient (Wildman–Crippen LogP) is 4.49. The van der Waals surface area contributed by atoms with E-state index in [1.54, 1.807) is 6.21 Å². The molecule has 22 heavy (non-hydrogen) atoms. The first-order valence-electron chi connectivity index (χ1n) is 6.03. The van der Waals surface area contributed by atoms with Crippen molar-refractivity contribution < 1.29 is 9.90 Å². The number of anilines is 1. The minimum atomic E-state index is -1.31. The van der Waals surface area contributed by atoms with Crippen molar-refractivity contribution in [2.24, 2.45) is 5.10 Å². The summed E-state index contributed by atoms with van der Waals surface area (Å²) in [6.07, 6.45) is 1.54. The average Bonchev–Trinajstić information content (AvgIpc) is 2.48. The Kier molecular flexibility index (Phi) is 5.24. The van der Waals surface area contributed by atoms with Gasteiger partial charge in [0.2, 0.25) is 0 Å². The number of carboxylic acids is 1. The molecule has 1 aromatic carbocycles. The lowest BCUT2D eigenvalue weighted by Crippen LogP contribution is -2.05. The highest BCUT2D eigenvalue weighted by molar-refractivity contribution is 6.46. The van der Waals surface area contributed by atoms with Gasteiger partial charge in [-0.05, 0) is 12.5 Å². The molecular formula is C14H10Cl3N3O2. The van der Waals surface area contributed by atoms with Crippen LogP contribution in [0.15, 0.2) is 29.4 Å². The van der Waals surface area contributed by atoms with Gasteiger partial charge in [0.05, 0.1) is 11.9 Å². The van der Waals surface area contributed by atoms with Crippen LogP contribution in [0.4, 0.5) is 5.69 Å². The molecule has 5 nitrogen and oxygen atoms in total. The summed E-state index contributed by atoms with van der Waals surface area (Å²) in [6, 6.07) is 7.64. The third-order valence-corrected chi connectivity index (χ3v) is 3.81. The molecule has 0 amide bonds. The molecule has 0 aliphatic carbocycles. The molecule has 0 fully saturated rings. The lowest BCUT2D eigenvalue weighted by molar-refractivity contribution is 0.0691. The number of rotatable bonds is 4. The molecule has 0 bridgehead atoms. The molecule has 114 valence electrons. The van der Waals surface area contributed by atoms with E-state index in [9.17, 15) is 4.79 Å². The van der Waals surface area contributed by atoms with Crippen molar-refractivity contribution in [3.05, 3.63) is 56.3 Å². The van der Waals surface area contributed by atoms with Crippen LogP contribution >= 0.6 is 34.8 Å². The monoisotopic (exact) mass is 357 g/mol. The Labute approximate surface area is 141 Å². The van der Waals surface area contributed by atoms with Crippen molar-refractivity contribution in [2.75, 3.05) is 5.43 Å². The van der Waals surface area contributed by atoms with E-state index in [1.807, 2.05) is 31.2 Å². The minimum absolute atomic E-state index is 0.00211. The standard InChI is InChI=1S/C14H10Cl3N3O2/c1-7-2-4-8(5-3-7)6-18-20-11-9(15)12(14(21)22)19-13(17)10(11)16/h2-6H,1H3,(H,19,20)(H,21,22)/b18-6-. The number of aryl methyl sites for hydroxylation is 1. The number of carboxylic acid groups (broad SMARTS) is 1. The molecule has 2 N–H and O–H groups in total.